The van der Waals surface area contributed by atoms with Crippen LogP contribution in [0.15, 0.2) is 59.4 Å². The number of benzene rings is 2. The zero-order chi connectivity index (χ0) is 18.5. The van der Waals surface area contributed by atoms with Crippen molar-refractivity contribution >= 4 is 16.6 Å². The van der Waals surface area contributed by atoms with Gasteiger partial charge in [-0.3, -0.25) is 4.79 Å². The lowest BCUT2D eigenvalue weighted by molar-refractivity contribution is 0.0365. The number of nitrogens with zero attached hydrogens (tertiary/aromatic N) is 1. The molecule has 0 aliphatic heterocycles. The molecule has 0 fully saturated rings. The number of aromatic nitrogens is 1. The van der Waals surface area contributed by atoms with Gasteiger partial charge in [-0.1, -0.05) is 30.3 Å². The second-order valence-corrected chi connectivity index (χ2v) is 6.06. The molecular formula is C20H22N2O4. The van der Waals surface area contributed by atoms with E-state index < -0.39 is 6.10 Å². The van der Waals surface area contributed by atoms with Gasteiger partial charge in [0.15, 0.2) is 0 Å². The fourth-order valence-electron chi connectivity index (χ4n) is 2.61. The van der Waals surface area contributed by atoms with Crippen molar-refractivity contribution in [3.63, 3.8) is 0 Å². The Balaban J connectivity index is 1.89. The summed E-state index contributed by atoms with van der Waals surface area (Å²) in [6.07, 6.45) is -0.670. The maximum Gasteiger partial charge on any atom is 0.306 e. The third-order valence-electron chi connectivity index (χ3n) is 3.96. The molecule has 0 amide bonds. The van der Waals surface area contributed by atoms with Crippen molar-refractivity contribution in [1.82, 2.24) is 4.73 Å². The zero-order valence-corrected chi connectivity index (χ0v) is 14.8. The molecule has 0 bridgehead atoms. The number of hydrogen-bond acceptors (Lipinski definition) is 5. The minimum Gasteiger partial charge on any atom is -0.497 e. The van der Waals surface area contributed by atoms with Gasteiger partial charge in [0, 0.05) is 11.9 Å². The lowest BCUT2D eigenvalue weighted by Crippen LogP contribution is -2.32. The first-order valence-electron chi connectivity index (χ1n) is 8.41. The smallest absolute Gasteiger partial charge is 0.306 e. The Morgan fingerprint density at radius 1 is 1.15 bits per heavy atom. The summed E-state index contributed by atoms with van der Waals surface area (Å²) >= 11 is 0. The molecule has 136 valence electrons. The molecule has 6 heteroatoms. The normalized spacial score (nSPS) is 12.0. The van der Waals surface area contributed by atoms with Crippen LogP contribution in [0.4, 0.5) is 5.69 Å². The lowest BCUT2D eigenvalue weighted by Gasteiger charge is -2.15. The summed E-state index contributed by atoms with van der Waals surface area (Å²) in [5, 5.41) is 13.5. The number of rotatable bonds is 7. The van der Waals surface area contributed by atoms with Gasteiger partial charge in [0.25, 0.3) is 0 Å². The number of aliphatic hydroxyl groups excluding tert-OH is 1. The molecule has 1 heterocycles. The predicted molar refractivity (Wildman–Crippen MR) is 102 cm³/mol. The van der Waals surface area contributed by atoms with Gasteiger partial charge >= 0.3 is 5.56 Å². The third kappa shape index (κ3) is 3.97. The van der Waals surface area contributed by atoms with Gasteiger partial charge in [0.2, 0.25) is 0 Å². The summed E-state index contributed by atoms with van der Waals surface area (Å²) in [5.74, 6) is 0.785. The van der Waals surface area contributed by atoms with Gasteiger partial charge in [-0.25, -0.2) is 0 Å². The summed E-state index contributed by atoms with van der Waals surface area (Å²) in [7, 11) is 1.62. The standard InChI is InChI=1S/C20H22N2O4/c1-14(23)13-26-22-19-6-4-3-5-16(19)11-18(20(22)24)21-12-15-7-9-17(25-2)10-8-15/h3-11,14,21,23H,12-13H2,1-2H3. The van der Waals surface area contributed by atoms with E-state index in [1.807, 2.05) is 54.6 Å². The number of fused-ring (bicyclic) bond motifs is 1. The number of methoxy groups -OCH3 is 1. The molecule has 1 unspecified atom stereocenters. The maximum absolute atomic E-state index is 12.8. The number of ether oxygens (including phenoxy) is 1. The van der Waals surface area contributed by atoms with E-state index in [1.165, 1.54) is 4.73 Å². The number of nitrogens with one attached hydrogen (secondary N) is 1. The van der Waals surface area contributed by atoms with Crippen molar-refractivity contribution in [2.75, 3.05) is 19.0 Å². The first kappa shape index (κ1) is 17.8. The highest BCUT2D eigenvalue weighted by atomic mass is 16.7. The second-order valence-electron chi connectivity index (χ2n) is 6.06. The van der Waals surface area contributed by atoms with E-state index in [0.717, 1.165) is 16.7 Å². The monoisotopic (exact) mass is 354 g/mol. The molecule has 0 aliphatic rings. The van der Waals surface area contributed by atoms with Crippen molar-refractivity contribution in [2.45, 2.75) is 19.6 Å². The van der Waals surface area contributed by atoms with E-state index in [1.54, 1.807) is 14.0 Å². The van der Waals surface area contributed by atoms with Crippen molar-refractivity contribution in [1.29, 1.82) is 0 Å². The predicted octanol–water partition coefficient (Wildman–Crippen LogP) is 2.43. The van der Waals surface area contributed by atoms with E-state index >= 15 is 0 Å². The van der Waals surface area contributed by atoms with Gasteiger partial charge in [-0.15, -0.1) is 4.73 Å². The average Bonchev–Trinajstić information content (AvgIpc) is 2.66. The van der Waals surface area contributed by atoms with Crippen LogP contribution in [-0.2, 0) is 6.54 Å². The van der Waals surface area contributed by atoms with E-state index in [0.29, 0.717) is 17.7 Å². The topological polar surface area (TPSA) is 72.7 Å². The third-order valence-corrected chi connectivity index (χ3v) is 3.96. The summed E-state index contributed by atoms with van der Waals surface area (Å²) < 4.78 is 6.38. The minimum absolute atomic E-state index is 0.0336. The summed E-state index contributed by atoms with van der Waals surface area (Å²) in [4.78, 5) is 18.3. The minimum atomic E-state index is -0.670. The Kier molecular flexibility index (Phi) is 5.43. The molecule has 3 rings (SSSR count). The summed E-state index contributed by atoms with van der Waals surface area (Å²) in [6.45, 7) is 2.14. The second kappa shape index (κ2) is 7.93. The molecule has 0 radical (unpaired) electrons. The Bertz CT molecular complexity index is 933. The molecular weight excluding hydrogens is 332 g/mol. The van der Waals surface area contributed by atoms with Crippen molar-refractivity contribution in [2.24, 2.45) is 0 Å². The van der Waals surface area contributed by atoms with Gasteiger partial charge < -0.3 is 20.0 Å². The highest BCUT2D eigenvalue weighted by Crippen LogP contribution is 2.17. The molecule has 0 saturated heterocycles. The summed E-state index contributed by atoms with van der Waals surface area (Å²) in [6, 6.07) is 16.9. The van der Waals surface area contributed by atoms with E-state index in [-0.39, 0.29) is 12.2 Å². The molecule has 6 nitrogen and oxygen atoms in total. The molecule has 0 aliphatic carbocycles. The molecule has 2 aromatic carbocycles. The van der Waals surface area contributed by atoms with E-state index in [2.05, 4.69) is 5.32 Å². The number of aliphatic hydroxyl groups is 1. The molecule has 3 aromatic rings. The van der Waals surface area contributed by atoms with Gasteiger partial charge in [-0.2, -0.15) is 0 Å². The molecule has 0 saturated carbocycles. The van der Waals surface area contributed by atoms with Crippen molar-refractivity contribution in [3.8, 4) is 5.75 Å². The van der Waals surface area contributed by atoms with Crippen molar-refractivity contribution < 1.29 is 14.7 Å². The Morgan fingerprint density at radius 2 is 1.88 bits per heavy atom. The van der Waals surface area contributed by atoms with Gasteiger partial charge in [0.1, 0.15) is 18.0 Å². The Hall–Kier alpha value is -2.99. The first-order chi connectivity index (χ1) is 12.6. The molecule has 26 heavy (non-hydrogen) atoms. The molecule has 0 spiro atoms. The Morgan fingerprint density at radius 3 is 2.58 bits per heavy atom. The van der Waals surface area contributed by atoms with Gasteiger partial charge in [0.05, 0.1) is 18.7 Å². The highest BCUT2D eigenvalue weighted by molar-refractivity contribution is 5.81. The highest BCUT2D eigenvalue weighted by Gasteiger charge is 2.11. The quantitative estimate of drug-likeness (QED) is 0.682. The SMILES string of the molecule is COc1ccc(CNc2cc3ccccc3n(OCC(C)O)c2=O)cc1. The van der Waals surface area contributed by atoms with Crippen LogP contribution < -0.4 is 20.5 Å². The van der Waals surface area contributed by atoms with Crippen molar-refractivity contribution in [3.05, 3.63) is 70.5 Å². The zero-order valence-electron chi connectivity index (χ0n) is 14.8. The van der Waals surface area contributed by atoms with Crippen LogP contribution in [0, 0.1) is 0 Å². The van der Waals surface area contributed by atoms with Crippen LogP contribution in [0.1, 0.15) is 12.5 Å². The summed E-state index contributed by atoms with van der Waals surface area (Å²) in [5.41, 5.74) is 1.82. The van der Waals surface area contributed by atoms with E-state index in [9.17, 15) is 9.90 Å². The van der Waals surface area contributed by atoms with E-state index in [4.69, 9.17) is 9.57 Å². The lowest BCUT2D eigenvalue weighted by atomic mass is 10.2. The fraction of sp³-hybridized carbons (Fsp3) is 0.250. The largest absolute Gasteiger partial charge is 0.497 e. The van der Waals surface area contributed by atoms with Crippen LogP contribution in [0.3, 0.4) is 0 Å². The van der Waals surface area contributed by atoms with Crippen LogP contribution in [0.2, 0.25) is 0 Å². The maximum atomic E-state index is 12.8. The first-order valence-corrected chi connectivity index (χ1v) is 8.41. The van der Waals surface area contributed by atoms with Gasteiger partial charge in [-0.05, 0) is 36.8 Å². The van der Waals surface area contributed by atoms with Crippen LogP contribution >= 0.6 is 0 Å². The molecule has 2 N–H and O–H groups in total. The molecule has 1 atom stereocenters. The number of para-hydroxylation sites is 1. The number of hydrogen-bond donors (Lipinski definition) is 2. The fourth-order valence-corrected chi connectivity index (χ4v) is 2.61. The molecule has 1 aromatic heterocycles. The van der Waals surface area contributed by atoms with Crippen LogP contribution in [0.25, 0.3) is 10.9 Å². The number of pyridine rings is 1. The van der Waals surface area contributed by atoms with Crippen LogP contribution in [-0.4, -0.2) is 29.7 Å². The average molecular weight is 354 g/mol. The number of anilines is 1. The Labute approximate surface area is 151 Å². The van der Waals surface area contributed by atoms with Crippen LogP contribution in [0.5, 0.6) is 5.75 Å².